The van der Waals surface area contributed by atoms with Crippen LogP contribution in [0.1, 0.15) is 37.3 Å². The Morgan fingerprint density at radius 3 is 2.17 bits per heavy atom. The molecule has 2 aliphatic rings. The van der Waals surface area contributed by atoms with Crippen molar-refractivity contribution < 1.29 is 4.79 Å². The summed E-state index contributed by atoms with van der Waals surface area (Å²) < 4.78 is 0. The van der Waals surface area contributed by atoms with Crippen LogP contribution in [0, 0.1) is 5.92 Å². The van der Waals surface area contributed by atoms with Crippen molar-refractivity contribution in [2.24, 2.45) is 5.92 Å². The molecule has 2 N–H and O–H groups in total. The topological polar surface area (TPSA) is 47.6 Å². The Bertz CT molecular complexity index is 769. The van der Waals surface area contributed by atoms with Crippen molar-refractivity contribution in [1.29, 1.82) is 0 Å². The van der Waals surface area contributed by atoms with Crippen LogP contribution < -0.4 is 10.9 Å². The Kier molecular flexibility index (Phi) is 6.82. The highest BCUT2D eigenvalue weighted by Gasteiger charge is 2.44. The van der Waals surface area contributed by atoms with Crippen LogP contribution in [0.15, 0.2) is 60.7 Å². The number of nitrogens with one attached hydrogen (secondary N) is 2. The van der Waals surface area contributed by atoms with Crippen LogP contribution in [0.3, 0.4) is 0 Å². The molecular formula is C25H34N4O. The molecule has 0 aliphatic carbocycles. The summed E-state index contributed by atoms with van der Waals surface area (Å²) in [7, 11) is 0. The van der Waals surface area contributed by atoms with Crippen molar-refractivity contribution in [3.63, 3.8) is 0 Å². The molecule has 3 atom stereocenters. The lowest BCUT2D eigenvalue weighted by Gasteiger charge is -2.39. The maximum absolute atomic E-state index is 13.0. The summed E-state index contributed by atoms with van der Waals surface area (Å²) in [5, 5.41) is 0. The highest BCUT2D eigenvalue weighted by Crippen LogP contribution is 2.37. The van der Waals surface area contributed by atoms with Gasteiger partial charge in [-0.3, -0.25) is 20.5 Å². The first-order chi connectivity index (χ1) is 14.7. The third kappa shape index (κ3) is 4.43. The standard InChI is InChI=1S/C25H34N4O/c1-3-28(4-2)18-23(30)29-16-15-22-21(17-29)25(27-26-22)24(19-11-7-5-8-12-19)20-13-9-6-10-14-20/h5-14,21-22,24-27H,3-4,15-18H2,1-2H3. The van der Waals surface area contributed by atoms with Crippen LogP contribution >= 0.6 is 0 Å². The minimum Gasteiger partial charge on any atom is -0.341 e. The Labute approximate surface area is 180 Å². The lowest BCUT2D eigenvalue weighted by Crippen LogP contribution is -2.51. The first-order valence-corrected chi connectivity index (χ1v) is 11.3. The summed E-state index contributed by atoms with van der Waals surface area (Å²) in [5.41, 5.74) is 9.80. The van der Waals surface area contributed by atoms with Gasteiger partial charge in [0.2, 0.25) is 5.91 Å². The number of carbonyl (C=O) groups is 1. The summed E-state index contributed by atoms with van der Waals surface area (Å²) in [4.78, 5) is 17.3. The van der Waals surface area contributed by atoms with Gasteiger partial charge in [-0.05, 0) is 30.6 Å². The van der Waals surface area contributed by atoms with E-state index in [4.69, 9.17) is 0 Å². The van der Waals surface area contributed by atoms with Gasteiger partial charge in [0.05, 0.1) is 6.54 Å². The van der Waals surface area contributed by atoms with E-state index in [9.17, 15) is 4.79 Å². The van der Waals surface area contributed by atoms with Gasteiger partial charge in [0.1, 0.15) is 0 Å². The molecule has 30 heavy (non-hydrogen) atoms. The van der Waals surface area contributed by atoms with Crippen LogP contribution in [-0.4, -0.2) is 60.5 Å². The predicted molar refractivity (Wildman–Crippen MR) is 121 cm³/mol. The van der Waals surface area contributed by atoms with Crippen molar-refractivity contribution in [3.8, 4) is 0 Å². The van der Waals surface area contributed by atoms with Gasteiger partial charge in [0, 0.05) is 37.0 Å². The normalized spacial score (nSPS) is 23.7. The van der Waals surface area contributed by atoms with Gasteiger partial charge in [-0.2, -0.15) is 0 Å². The second-order valence-electron chi connectivity index (χ2n) is 8.47. The molecule has 0 saturated carbocycles. The molecule has 3 unspecified atom stereocenters. The minimum atomic E-state index is 0.240. The van der Waals surface area contributed by atoms with Gasteiger partial charge in [0.15, 0.2) is 0 Å². The second kappa shape index (κ2) is 9.73. The number of carbonyl (C=O) groups excluding carboxylic acids is 1. The van der Waals surface area contributed by atoms with Crippen molar-refractivity contribution in [3.05, 3.63) is 71.8 Å². The summed E-state index contributed by atoms with van der Waals surface area (Å²) in [6.07, 6.45) is 0.995. The fraction of sp³-hybridized carbons (Fsp3) is 0.480. The van der Waals surface area contributed by atoms with Crippen molar-refractivity contribution in [2.45, 2.75) is 38.3 Å². The molecule has 0 radical (unpaired) electrons. The van der Waals surface area contributed by atoms with Crippen molar-refractivity contribution >= 4 is 5.91 Å². The third-order valence-electron chi connectivity index (χ3n) is 6.84. The number of fused-ring (bicyclic) bond motifs is 1. The summed E-state index contributed by atoms with van der Waals surface area (Å²) in [5.74, 6) is 0.885. The number of rotatable bonds is 7. The smallest absolute Gasteiger partial charge is 0.236 e. The average molecular weight is 407 g/mol. The Hall–Kier alpha value is -2.21. The van der Waals surface area contributed by atoms with Gasteiger partial charge >= 0.3 is 0 Å². The van der Waals surface area contributed by atoms with E-state index in [1.165, 1.54) is 11.1 Å². The number of piperidine rings is 1. The molecule has 2 aromatic carbocycles. The summed E-state index contributed by atoms with van der Waals surface area (Å²) in [6, 6.07) is 22.1. The fourth-order valence-electron chi connectivity index (χ4n) is 5.06. The summed E-state index contributed by atoms with van der Waals surface area (Å²) >= 11 is 0. The highest BCUT2D eigenvalue weighted by atomic mass is 16.2. The van der Waals surface area contributed by atoms with Crippen LogP contribution in [-0.2, 0) is 4.79 Å². The van der Waals surface area contributed by atoms with Crippen LogP contribution in [0.2, 0.25) is 0 Å². The fourth-order valence-corrected chi connectivity index (χ4v) is 5.06. The predicted octanol–water partition coefficient (Wildman–Crippen LogP) is 2.85. The van der Waals surface area contributed by atoms with Crippen LogP contribution in [0.5, 0.6) is 0 Å². The monoisotopic (exact) mass is 406 g/mol. The Morgan fingerprint density at radius 2 is 1.60 bits per heavy atom. The number of hydrogen-bond acceptors (Lipinski definition) is 4. The zero-order valence-electron chi connectivity index (χ0n) is 18.1. The van der Waals surface area contributed by atoms with E-state index in [1.54, 1.807) is 0 Å². The van der Waals surface area contributed by atoms with E-state index in [-0.39, 0.29) is 17.9 Å². The van der Waals surface area contributed by atoms with E-state index >= 15 is 0 Å². The second-order valence-corrected chi connectivity index (χ2v) is 8.47. The van der Waals surface area contributed by atoms with Gasteiger partial charge in [-0.1, -0.05) is 74.5 Å². The minimum absolute atomic E-state index is 0.240. The van der Waals surface area contributed by atoms with E-state index in [0.29, 0.717) is 18.5 Å². The van der Waals surface area contributed by atoms with Crippen molar-refractivity contribution in [2.75, 3.05) is 32.7 Å². The number of hydrogen-bond donors (Lipinski definition) is 2. The number of benzene rings is 2. The Balaban J connectivity index is 1.56. The third-order valence-corrected chi connectivity index (χ3v) is 6.84. The maximum atomic E-state index is 13.0. The molecule has 0 aromatic heterocycles. The first-order valence-electron chi connectivity index (χ1n) is 11.3. The van der Waals surface area contributed by atoms with Crippen LogP contribution in [0.4, 0.5) is 0 Å². The largest absolute Gasteiger partial charge is 0.341 e. The molecule has 160 valence electrons. The van der Waals surface area contributed by atoms with E-state index in [2.05, 4.69) is 95.2 Å². The summed E-state index contributed by atoms with van der Waals surface area (Å²) in [6.45, 7) is 8.24. The molecule has 1 amide bonds. The molecule has 2 aromatic rings. The molecular weight excluding hydrogens is 372 g/mol. The molecule has 5 heteroatoms. The first kappa shape index (κ1) is 21.0. The van der Waals surface area contributed by atoms with Gasteiger partial charge in [-0.15, -0.1) is 0 Å². The average Bonchev–Trinajstić information content (AvgIpc) is 3.22. The number of amides is 1. The van der Waals surface area contributed by atoms with Gasteiger partial charge < -0.3 is 4.90 Å². The number of hydrazine groups is 1. The lowest BCUT2D eigenvalue weighted by molar-refractivity contribution is -0.134. The van der Waals surface area contributed by atoms with Crippen molar-refractivity contribution in [1.82, 2.24) is 20.7 Å². The quantitative estimate of drug-likeness (QED) is 0.742. The molecule has 2 heterocycles. The van der Waals surface area contributed by atoms with E-state index in [1.807, 2.05) is 0 Å². The lowest BCUT2D eigenvalue weighted by atomic mass is 9.76. The molecule has 0 bridgehead atoms. The molecule has 2 saturated heterocycles. The van der Waals surface area contributed by atoms with Gasteiger partial charge in [-0.25, -0.2) is 0 Å². The highest BCUT2D eigenvalue weighted by molar-refractivity contribution is 5.78. The number of nitrogens with zero attached hydrogens (tertiary/aromatic N) is 2. The maximum Gasteiger partial charge on any atom is 0.236 e. The van der Waals surface area contributed by atoms with Crippen LogP contribution in [0.25, 0.3) is 0 Å². The SMILES string of the molecule is CCN(CC)CC(=O)N1CCC2NNC(C(c3ccccc3)c3ccccc3)C2C1. The zero-order valence-corrected chi connectivity index (χ0v) is 18.1. The van der Waals surface area contributed by atoms with E-state index in [0.717, 1.165) is 32.6 Å². The zero-order chi connectivity index (χ0) is 20.9. The molecule has 0 spiro atoms. The Morgan fingerprint density at radius 1 is 1.00 bits per heavy atom. The van der Waals surface area contributed by atoms with Gasteiger partial charge in [0.25, 0.3) is 0 Å². The van der Waals surface area contributed by atoms with E-state index < -0.39 is 0 Å². The number of likely N-dealkylation sites (N-methyl/N-ethyl adjacent to an activating group) is 1. The molecule has 2 fully saturated rings. The molecule has 5 nitrogen and oxygen atoms in total. The number of likely N-dealkylation sites (tertiary alicyclic amines) is 1. The molecule has 2 aliphatic heterocycles. The molecule has 4 rings (SSSR count).